The molecule has 4 aromatic rings. The third kappa shape index (κ3) is 3.18. The maximum atomic E-state index is 6.32. The molecule has 26 heavy (non-hydrogen) atoms. The normalized spacial score (nSPS) is 11.7. The zero-order valence-corrected chi connectivity index (χ0v) is 15.5. The van der Waals surface area contributed by atoms with Crippen molar-refractivity contribution in [1.29, 1.82) is 0 Å². The number of nitrogens with zero attached hydrogens (tertiary/aromatic N) is 3. The minimum absolute atomic E-state index is 0.642. The number of benzene rings is 2. The Morgan fingerprint density at radius 2 is 1.77 bits per heavy atom. The minimum Gasteiger partial charge on any atom is -0.259 e. The van der Waals surface area contributed by atoms with E-state index in [-0.39, 0.29) is 0 Å². The maximum Gasteiger partial charge on any atom is 0.0968 e. The summed E-state index contributed by atoms with van der Waals surface area (Å²) in [6.07, 6.45) is 4.32. The van der Waals surface area contributed by atoms with Gasteiger partial charge in [-0.3, -0.25) is 15.0 Å². The van der Waals surface area contributed by atoms with E-state index in [0.29, 0.717) is 11.4 Å². The molecule has 0 spiro atoms. The van der Waals surface area contributed by atoms with Crippen molar-refractivity contribution in [3.05, 3.63) is 76.6 Å². The van der Waals surface area contributed by atoms with Crippen LogP contribution in [0.2, 0.25) is 5.02 Å². The van der Waals surface area contributed by atoms with Gasteiger partial charge in [-0.25, -0.2) is 0 Å². The summed E-state index contributed by atoms with van der Waals surface area (Å²) in [6, 6.07) is 16.3. The summed E-state index contributed by atoms with van der Waals surface area (Å²) >= 11 is 6.32. The fourth-order valence-electron chi connectivity index (χ4n) is 3.18. The van der Waals surface area contributed by atoms with Crippen LogP contribution in [-0.2, 0) is 6.42 Å². The number of hydrogen-bond acceptors (Lipinski definition) is 3. The molecule has 0 amide bonds. The molecule has 0 bridgehead atoms. The predicted molar refractivity (Wildman–Crippen MR) is 110 cm³/mol. The summed E-state index contributed by atoms with van der Waals surface area (Å²) in [6.45, 7) is 4.06. The first-order chi connectivity index (χ1) is 12.6. The van der Waals surface area contributed by atoms with E-state index < -0.39 is 0 Å². The molecule has 2 aromatic carbocycles. The standard InChI is InChI=1S/C22H18ClN3/c1-14-12-15(2)20(19(23)13-14)25-11-9-18-8-7-17-6-5-16-4-3-10-24-21(16)22(17)26-18/h3-8,10-13H,9H2,1-2H3. The van der Waals surface area contributed by atoms with E-state index in [2.05, 4.69) is 40.3 Å². The molecular formula is C22H18ClN3. The van der Waals surface area contributed by atoms with Gasteiger partial charge in [0.05, 0.1) is 21.7 Å². The molecule has 0 saturated carbocycles. The monoisotopic (exact) mass is 359 g/mol. The van der Waals surface area contributed by atoms with Crippen LogP contribution in [-0.4, -0.2) is 16.2 Å². The molecule has 0 radical (unpaired) electrons. The van der Waals surface area contributed by atoms with E-state index in [1.165, 1.54) is 0 Å². The Labute approximate surface area is 157 Å². The summed E-state index contributed by atoms with van der Waals surface area (Å²) < 4.78 is 0. The summed E-state index contributed by atoms with van der Waals surface area (Å²) in [5, 5.41) is 2.87. The van der Waals surface area contributed by atoms with Gasteiger partial charge in [0, 0.05) is 35.3 Å². The van der Waals surface area contributed by atoms with E-state index in [1.54, 1.807) is 6.20 Å². The fraction of sp³-hybridized carbons (Fsp3) is 0.136. The highest BCUT2D eigenvalue weighted by Crippen LogP contribution is 2.30. The lowest BCUT2D eigenvalue weighted by Gasteiger charge is -2.05. The molecule has 3 nitrogen and oxygen atoms in total. The molecule has 0 saturated heterocycles. The number of aliphatic imine (C=N–C) groups is 1. The lowest BCUT2D eigenvalue weighted by molar-refractivity contribution is 1.19. The molecule has 0 N–H and O–H groups in total. The van der Waals surface area contributed by atoms with Crippen LogP contribution in [0.5, 0.6) is 0 Å². The van der Waals surface area contributed by atoms with Gasteiger partial charge in [-0.15, -0.1) is 0 Å². The average molecular weight is 360 g/mol. The highest BCUT2D eigenvalue weighted by atomic mass is 35.5. The minimum atomic E-state index is 0.642. The summed E-state index contributed by atoms with van der Waals surface area (Å²) in [5.74, 6) is 0. The van der Waals surface area contributed by atoms with Gasteiger partial charge in [0.1, 0.15) is 0 Å². The van der Waals surface area contributed by atoms with Gasteiger partial charge in [0.25, 0.3) is 0 Å². The lowest BCUT2D eigenvalue weighted by atomic mass is 10.1. The number of fused-ring (bicyclic) bond motifs is 3. The largest absolute Gasteiger partial charge is 0.259 e. The van der Waals surface area contributed by atoms with E-state index in [0.717, 1.165) is 44.3 Å². The van der Waals surface area contributed by atoms with Crippen LogP contribution in [0.1, 0.15) is 16.8 Å². The Morgan fingerprint density at radius 3 is 2.58 bits per heavy atom. The van der Waals surface area contributed by atoms with Crippen LogP contribution in [0.3, 0.4) is 0 Å². The third-order valence-electron chi connectivity index (χ3n) is 4.41. The summed E-state index contributed by atoms with van der Waals surface area (Å²) in [5.41, 5.74) is 5.86. The van der Waals surface area contributed by atoms with Gasteiger partial charge in [0.2, 0.25) is 0 Å². The van der Waals surface area contributed by atoms with Crippen molar-refractivity contribution in [2.45, 2.75) is 20.3 Å². The first-order valence-electron chi connectivity index (χ1n) is 8.54. The summed E-state index contributed by atoms with van der Waals surface area (Å²) in [7, 11) is 0. The van der Waals surface area contributed by atoms with Crippen LogP contribution < -0.4 is 0 Å². The van der Waals surface area contributed by atoms with Gasteiger partial charge in [-0.2, -0.15) is 0 Å². The second-order valence-electron chi connectivity index (χ2n) is 6.44. The fourth-order valence-corrected chi connectivity index (χ4v) is 3.55. The van der Waals surface area contributed by atoms with Crippen molar-refractivity contribution < 1.29 is 0 Å². The van der Waals surface area contributed by atoms with Crippen LogP contribution in [0.4, 0.5) is 5.69 Å². The number of aryl methyl sites for hydroxylation is 2. The molecular weight excluding hydrogens is 342 g/mol. The molecule has 0 aliphatic rings. The number of halogens is 1. The first-order valence-corrected chi connectivity index (χ1v) is 8.92. The van der Waals surface area contributed by atoms with Gasteiger partial charge < -0.3 is 0 Å². The predicted octanol–water partition coefficient (Wildman–Crippen LogP) is 6.00. The van der Waals surface area contributed by atoms with E-state index >= 15 is 0 Å². The summed E-state index contributed by atoms with van der Waals surface area (Å²) in [4.78, 5) is 13.9. The van der Waals surface area contributed by atoms with Crippen molar-refractivity contribution in [1.82, 2.24) is 9.97 Å². The lowest BCUT2D eigenvalue weighted by Crippen LogP contribution is -1.93. The van der Waals surface area contributed by atoms with Gasteiger partial charge in [-0.05, 0) is 43.2 Å². The Balaban J connectivity index is 1.67. The van der Waals surface area contributed by atoms with E-state index in [9.17, 15) is 0 Å². The molecule has 0 atom stereocenters. The van der Waals surface area contributed by atoms with Gasteiger partial charge in [-0.1, -0.05) is 41.9 Å². The molecule has 4 heteroatoms. The van der Waals surface area contributed by atoms with Crippen LogP contribution in [0.15, 0.2) is 59.7 Å². The molecule has 2 aromatic heterocycles. The third-order valence-corrected chi connectivity index (χ3v) is 4.70. The van der Waals surface area contributed by atoms with E-state index in [4.69, 9.17) is 16.6 Å². The molecule has 0 aliphatic carbocycles. The van der Waals surface area contributed by atoms with Crippen LogP contribution in [0, 0.1) is 13.8 Å². The Hall–Kier alpha value is -2.78. The Bertz CT molecular complexity index is 1130. The van der Waals surface area contributed by atoms with Crippen LogP contribution in [0.25, 0.3) is 21.8 Å². The second kappa shape index (κ2) is 6.85. The average Bonchev–Trinajstić information content (AvgIpc) is 2.63. The van der Waals surface area contributed by atoms with Crippen LogP contribution >= 0.6 is 11.6 Å². The highest BCUT2D eigenvalue weighted by molar-refractivity contribution is 6.33. The van der Waals surface area contributed by atoms with Crippen molar-refractivity contribution in [3.8, 4) is 0 Å². The molecule has 4 rings (SSSR count). The number of hydrogen-bond donors (Lipinski definition) is 0. The van der Waals surface area contributed by atoms with Crippen molar-refractivity contribution >= 4 is 45.3 Å². The Morgan fingerprint density at radius 1 is 1.00 bits per heavy atom. The maximum absolute atomic E-state index is 6.32. The first kappa shape index (κ1) is 16.7. The highest BCUT2D eigenvalue weighted by Gasteiger charge is 2.05. The number of aromatic nitrogens is 2. The molecule has 128 valence electrons. The quantitative estimate of drug-likeness (QED) is 0.332. The molecule has 0 fully saturated rings. The second-order valence-corrected chi connectivity index (χ2v) is 6.85. The zero-order valence-electron chi connectivity index (χ0n) is 14.7. The number of pyridine rings is 2. The smallest absolute Gasteiger partial charge is 0.0968 e. The van der Waals surface area contributed by atoms with Crippen molar-refractivity contribution in [2.24, 2.45) is 4.99 Å². The van der Waals surface area contributed by atoms with Crippen molar-refractivity contribution in [2.75, 3.05) is 0 Å². The van der Waals surface area contributed by atoms with Gasteiger partial charge in [0.15, 0.2) is 0 Å². The molecule has 0 aliphatic heterocycles. The topological polar surface area (TPSA) is 38.1 Å². The van der Waals surface area contributed by atoms with E-state index in [1.807, 2.05) is 38.3 Å². The van der Waals surface area contributed by atoms with Crippen molar-refractivity contribution in [3.63, 3.8) is 0 Å². The SMILES string of the molecule is Cc1cc(C)c(N=CCc2ccc3ccc4cccnc4c3n2)c(Cl)c1. The zero-order chi connectivity index (χ0) is 18.1. The van der Waals surface area contributed by atoms with Gasteiger partial charge >= 0.3 is 0 Å². The Kier molecular flexibility index (Phi) is 4.39. The molecule has 0 unspecified atom stereocenters. The molecule has 2 heterocycles. The number of rotatable bonds is 3.